The second-order valence-corrected chi connectivity index (χ2v) is 10.2. The first-order valence-electron chi connectivity index (χ1n) is 12.2. The molecule has 1 saturated heterocycles. The van der Waals surface area contributed by atoms with E-state index in [0.717, 1.165) is 19.4 Å². The van der Waals surface area contributed by atoms with Gasteiger partial charge in [0.05, 0.1) is 22.6 Å². The smallest absolute Gasteiger partial charge is 0.181 e. The number of hydrogen-bond acceptors (Lipinski definition) is 6. The molecule has 0 spiro atoms. The number of rotatable bonds is 5. The van der Waals surface area contributed by atoms with E-state index in [1.165, 1.54) is 18.2 Å². The van der Waals surface area contributed by atoms with Crippen LogP contribution in [0.3, 0.4) is 0 Å². The van der Waals surface area contributed by atoms with Gasteiger partial charge in [0.25, 0.3) is 0 Å². The van der Waals surface area contributed by atoms with Gasteiger partial charge in [-0.3, -0.25) is 4.40 Å². The van der Waals surface area contributed by atoms with Gasteiger partial charge in [-0.2, -0.15) is 5.26 Å². The number of halogens is 2. The van der Waals surface area contributed by atoms with Crippen LogP contribution in [0.15, 0.2) is 48.8 Å². The molecule has 9 heteroatoms. The lowest BCUT2D eigenvalue weighted by Gasteiger charge is -2.31. The van der Waals surface area contributed by atoms with Gasteiger partial charge in [-0.1, -0.05) is 12.1 Å². The molecule has 3 heterocycles. The summed E-state index contributed by atoms with van der Waals surface area (Å²) in [4.78, 5) is 11.5. The summed E-state index contributed by atoms with van der Waals surface area (Å²) in [6.07, 6.45) is 5.48. The lowest BCUT2D eigenvalue weighted by atomic mass is 9.96. The van der Waals surface area contributed by atoms with Crippen LogP contribution in [0.1, 0.15) is 37.8 Å². The summed E-state index contributed by atoms with van der Waals surface area (Å²) in [6.45, 7) is 4.73. The lowest BCUT2D eigenvalue weighted by Crippen LogP contribution is -2.43. The normalized spacial score (nSPS) is 16.2. The Morgan fingerprint density at radius 2 is 2.00 bits per heavy atom. The minimum Gasteiger partial charge on any atom is -0.390 e. The van der Waals surface area contributed by atoms with Crippen molar-refractivity contribution in [3.8, 4) is 28.6 Å². The van der Waals surface area contributed by atoms with Crippen molar-refractivity contribution in [3.63, 3.8) is 0 Å². The van der Waals surface area contributed by atoms with Gasteiger partial charge in [-0.15, -0.1) is 0 Å². The SMILES string of the molecule is CC(C)(O)Cc1ccc(-c2c(-c3ccc(C#N)c(F)c3)nc3c(N4CCC[C@@H](N)C4)nccn23)c(F)c1. The zero-order valence-electron chi connectivity index (χ0n) is 20.7. The number of aliphatic hydroxyl groups is 1. The third-order valence-electron chi connectivity index (χ3n) is 6.57. The van der Waals surface area contributed by atoms with Crippen molar-refractivity contribution in [2.45, 2.75) is 44.8 Å². The zero-order valence-corrected chi connectivity index (χ0v) is 20.7. The Balaban J connectivity index is 1.73. The largest absolute Gasteiger partial charge is 0.390 e. The molecular formula is C28H28F2N6O. The van der Waals surface area contributed by atoms with Crippen LogP contribution in [0.2, 0.25) is 0 Å². The molecule has 0 unspecified atom stereocenters. The van der Waals surface area contributed by atoms with Gasteiger partial charge in [0.2, 0.25) is 0 Å². The Morgan fingerprint density at radius 1 is 1.19 bits per heavy atom. The van der Waals surface area contributed by atoms with E-state index in [1.54, 1.807) is 48.8 Å². The van der Waals surface area contributed by atoms with Crippen molar-refractivity contribution in [2.24, 2.45) is 5.73 Å². The number of fused-ring (bicyclic) bond motifs is 1. The Morgan fingerprint density at radius 3 is 2.68 bits per heavy atom. The molecule has 1 aliphatic heterocycles. The molecule has 1 atom stereocenters. The second kappa shape index (κ2) is 9.54. The number of nitrogens with two attached hydrogens (primary N) is 1. The van der Waals surface area contributed by atoms with Gasteiger partial charge >= 0.3 is 0 Å². The third kappa shape index (κ3) is 4.90. The van der Waals surface area contributed by atoms with Crippen molar-refractivity contribution in [2.75, 3.05) is 18.0 Å². The minimum atomic E-state index is -0.988. The van der Waals surface area contributed by atoms with Crippen LogP contribution in [0.25, 0.3) is 28.2 Å². The summed E-state index contributed by atoms with van der Waals surface area (Å²) in [5, 5.41) is 19.3. The molecule has 5 rings (SSSR count). The lowest BCUT2D eigenvalue weighted by molar-refractivity contribution is 0.0809. The molecule has 0 radical (unpaired) electrons. The summed E-state index contributed by atoms with van der Waals surface area (Å²) in [6, 6.07) is 10.9. The van der Waals surface area contributed by atoms with Gasteiger partial charge in [-0.05, 0) is 56.5 Å². The quantitative estimate of drug-likeness (QED) is 0.418. The first-order valence-corrected chi connectivity index (χ1v) is 12.2. The van der Waals surface area contributed by atoms with Gasteiger partial charge in [-0.25, -0.2) is 18.7 Å². The highest BCUT2D eigenvalue weighted by atomic mass is 19.1. The average Bonchev–Trinajstić information content (AvgIpc) is 3.22. The molecule has 4 aromatic rings. The zero-order chi connectivity index (χ0) is 26.3. The summed E-state index contributed by atoms with van der Waals surface area (Å²) in [7, 11) is 0. The summed E-state index contributed by atoms with van der Waals surface area (Å²) >= 11 is 0. The molecule has 0 aliphatic carbocycles. The maximum Gasteiger partial charge on any atom is 0.181 e. The number of nitriles is 1. The number of anilines is 1. The standard InChI is InChI=1S/C28H28F2N6O/c1-28(2,37)14-17-5-8-21(23(30)12-17)25-24(18-6-7-19(15-31)22(29)13-18)34-27-26(33-9-11-36(25)27)35-10-3-4-20(32)16-35/h5-9,11-13,20,37H,3-4,10,14,16,32H2,1-2H3/t20-/m1/s1. The fourth-order valence-corrected chi connectivity index (χ4v) is 4.96. The van der Waals surface area contributed by atoms with Gasteiger partial charge in [0.15, 0.2) is 11.5 Å². The molecule has 1 fully saturated rings. The maximum absolute atomic E-state index is 15.6. The molecule has 1 aliphatic rings. The number of nitrogens with zero attached hydrogens (tertiary/aromatic N) is 5. The van der Waals surface area contributed by atoms with Gasteiger partial charge in [0, 0.05) is 49.1 Å². The number of hydrogen-bond donors (Lipinski definition) is 2. The topological polar surface area (TPSA) is 103 Å². The number of imidazole rings is 1. The molecule has 3 N–H and O–H groups in total. The Bertz CT molecular complexity index is 1520. The van der Waals surface area contributed by atoms with Gasteiger partial charge < -0.3 is 15.7 Å². The molecule has 0 amide bonds. The highest BCUT2D eigenvalue weighted by Gasteiger charge is 2.26. The van der Waals surface area contributed by atoms with E-state index >= 15 is 4.39 Å². The number of piperidine rings is 1. The number of aromatic nitrogens is 3. The summed E-state index contributed by atoms with van der Waals surface area (Å²) in [5.74, 6) is -0.542. The molecule has 190 valence electrons. The van der Waals surface area contributed by atoms with E-state index in [9.17, 15) is 14.8 Å². The molecule has 0 saturated carbocycles. The first kappa shape index (κ1) is 24.8. The first-order chi connectivity index (χ1) is 17.6. The monoisotopic (exact) mass is 502 g/mol. The van der Waals surface area contributed by atoms with Crippen molar-refractivity contribution in [3.05, 3.63) is 71.6 Å². The van der Waals surface area contributed by atoms with Crippen molar-refractivity contribution in [1.82, 2.24) is 14.4 Å². The van der Waals surface area contributed by atoms with E-state index in [0.29, 0.717) is 40.5 Å². The van der Waals surface area contributed by atoms with Crippen LogP contribution >= 0.6 is 0 Å². The predicted octanol–water partition coefficient (Wildman–Crippen LogP) is 4.45. The van der Waals surface area contributed by atoms with Crippen molar-refractivity contribution >= 4 is 11.5 Å². The predicted molar refractivity (Wildman–Crippen MR) is 138 cm³/mol. The highest BCUT2D eigenvalue weighted by molar-refractivity contribution is 5.85. The molecule has 7 nitrogen and oxygen atoms in total. The summed E-state index contributed by atoms with van der Waals surface area (Å²) in [5.41, 5.74) is 7.80. The van der Waals surface area contributed by atoms with Crippen LogP contribution in [0, 0.1) is 23.0 Å². The van der Waals surface area contributed by atoms with Crippen molar-refractivity contribution < 1.29 is 13.9 Å². The molecular weight excluding hydrogens is 474 g/mol. The van der Waals surface area contributed by atoms with E-state index in [2.05, 4.69) is 9.88 Å². The van der Waals surface area contributed by atoms with Crippen LogP contribution < -0.4 is 10.6 Å². The van der Waals surface area contributed by atoms with Crippen LogP contribution in [0.5, 0.6) is 0 Å². The molecule has 2 aromatic carbocycles. The average molecular weight is 503 g/mol. The van der Waals surface area contributed by atoms with Crippen molar-refractivity contribution in [1.29, 1.82) is 5.26 Å². The number of benzene rings is 2. The van der Waals surface area contributed by atoms with Gasteiger partial charge in [0.1, 0.15) is 17.7 Å². The highest BCUT2D eigenvalue weighted by Crippen LogP contribution is 2.37. The van der Waals surface area contributed by atoms with E-state index in [1.807, 2.05) is 6.07 Å². The molecule has 2 aromatic heterocycles. The Labute approximate surface area is 213 Å². The van der Waals surface area contributed by atoms with Crippen LogP contribution in [-0.4, -0.2) is 44.2 Å². The summed E-state index contributed by atoms with van der Waals surface area (Å²) < 4.78 is 32.0. The fourth-order valence-electron chi connectivity index (χ4n) is 4.96. The molecule has 37 heavy (non-hydrogen) atoms. The fraction of sp³-hybridized carbons (Fsp3) is 0.321. The molecule has 0 bridgehead atoms. The maximum atomic E-state index is 15.6. The third-order valence-corrected chi connectivity index (χ3v) is 6.57. The van der Waals surface area contributed by atoms with E-state index < -0.39 is 17.2 Å². The van der Waals surface area contributed by atoms with E-state index in [4.69, 9.17) is 10.7 Å². The Hall–Kier alpha value is -3.87. The van der Waals surface area contributed by atoms with E-state index in [-0.39, 0.29) is 23.6 Å². The Kier molecular flexibility index (Phi) is 6.40. The van der Waals surface area contributed by atoms with Crippen LogP contribution in [0.4, 0.5) is 14.6 Å². The van der Waals surface area contributed by atoms with Crippen LogP contribution in [-0.2, 0) is 6.42 Å². The minimum absolute atomic E-state index is 0.0121. The second-order valence-electron chi connectivity index (χ2n) is 10.2.